The van der Waals surface area contributed by atoms with E-state index >= 15 is 0 Å². The summed E-state index contributed by atoms with van der Waals surface area (Å²) in [5, 5.41) is 9.50. The molecule has 1 rings (SSSR count). The van der Waals surface area contributed by atoms with Crippen molar-refractivity contribution in [3.8, 4) is 5.75 Å². The molecule has 0 saturated carbocycles. The number of hydrogen-bond donors (Lipinski definition) is 2. The lowest BCUT2D eigenvalue weighted by Crippen LogP contribution is -2.03. The Morgan fingerprint density at radius 3 is 2.07 bits per heavy atom. The fraction of sp³-hybridized carbons (Fsp3) is 0.333. The minimum absolute atomic E-state index is 0.0647. The molecule has 0 atom stereocenters. The van der Waals surface area contributed by atoms with Gasteiger partial charge in [-0.2, -0.15) is 8.42 Å². The largest absolute Gasteiger partial charge is 0.507 e. The van der Waals surface area contributed by atoms with Crippen molar-refractivity contribution < 1.29 is 18.1 Å². The lowest BCUT2D eigenvalue weighted by atomic mass is 10.1. The molecule has 1 aromatic carbocycles. The van der Waals surface area contributed by atoms with Crippen molar-refractivity contribution in [3.63, 3.8) is 0 Å². The molecule has 0 heterocycles. The second-order valence-corrected chi connectivity index (χ2v) is 4.66. The Morgan fingerprint density at radius 1 is 1.14 bits per heavy atom. The van der Waals surface area contributed by atoms with E-state index in [-0.39, 0.29) is 10.6 Å². The predicted octanol–water partition coefficient (Wildman–Crippen LogP) is 1.56. The van der Waals surface area contributed by atoms with Gasteiger partial charge in [0, 0.05) is 0 Å². The summed E-state index contributed by atoms with van der Waals surface area (Å²) >= 11 is 0. The van der Waals surface area contributed by atoms with Crippen LogP contribution in [0.15, 0.2) is 11.0 Å². The van der Waals surface area contributed by atoms with Crippen LogP contribution in [-0.4, -0.2) is 18.1 Å². The van der Waals surface area contributed by atoms with Crippen LogP contribution in [0.3, 0.4) is 0 Å². The van der Waals surface area contributed by atoms with E-state index in [0.717, 1.165) is 0 Å². The van der Waals surface area contributed by atoms with Gasteiger partial charge in [0.15, 0.2) is 0 Å². The van der Waals surface area contributed by atoms with Gasteiger partial charge >= 0.3 is 0 Å². The van der Waals surface area contributed by atoms with Crippen molar-refractivity contribution in [1.29, 1.82) is 0 Å². The molecule has 0 saturated heterocycles. The molecule has 4 nitrogen and oxygen atoms in total. The standard InChI is InChI=1S/C9H12O4S/c1-5-4-8(14(11,12)13)6(2)7(3)9(5)10/h4,10H,1-3H3,(H,11,12,13). The molecule has 0 bridgehead atoms. The molecule has 0 aromatic heterocycles. The van der Waals surface area contributed by atoms with Crippen molar-refractivity contribution in [1.82, 2.24) is 0 Å². The zero-order valence-electron chi connectivity index (χ0n) is 8.20. The van der Waals surface area contributed by atoms with E-state index in [1.54, 1.807) is 13.8 Å². The van der Waals surface area contributed by atoms with Crippen LogP contribution in [0.5, 0.6) is 5.75 Å². The molecule has 0 aliphatic heterocycles. The molecule has 1 aromatic rings. The van der Waals surface area contributed by atoms with E-state index in [4.69, 9.17) is 4.55 Å². The SMILES string of the molecule is Cc1cc(S(=O)(=O)O)c(C)c(C)c1O. The molecule has 0 radical (unpaired) electrons. The first kappa shape index (κ1) is 11.0. The summed E-state index contributed by atoms with van der Waals surface area (Å²) in [5.41, 5.74) is 1.27. The van der Waals surface area contributed by atoms with E-state index in [2.05, 4.69) is 0 Å². The van der Waals surface area contributed by atoms with E-state index in [1.807, 2.05) is 0 Å². The van der Waals surface area contributed by atoms with Gasteiger partial charge in [0.05, 0.1) is 4.90 Å². The van der Waals surface area contributed by atoms with Crippen molar-refractivity contribution in [2.75, 3.05) is 0 Å². The smallest absolute Gasteiger partial charge is 0.294 e. The van der Waals surface area contributed by atoms with Crippen molar-refractivity contribution in [2.45, 2.75) is 25.7 Å². The second-order valence-electron chi connectivity index (χ2n) is 3.27. The Morgan fingerprint density at radius 2 is 1.64 bits per heavy atom. The first-order valence-corrected chi connectivity index (χ1v) is 5.46. The van der Waals surface area contributed by atoms with Crippen LogP contribution in [0.1, 0.15) is 16.7 Å². The minimum atomic E-state index is -4.21. The number of aryl methyl sites for hydroxylation is 1. The summed E-state index contributed by atoms with van der Waals surface area (Å²) < 4.78 is 30.8. The highest BCUT2D eigenvalue weighted by Crippen LogP contribution is 2.29. The van der Waals surface area contributed by atoms with Crippen LogP contribution in [0, 0.1) is 20.8 Å². The maximum atomic E-state index is 10.9. The quantitative estimate of drug-likeness (QED) is 0.699. The lowest BCUT2D eigenvalue weighted by molar-refractivity contribution is 0.463. The summed E-state index contributed by atoms with van der Waals surface area (Å²) in [6, 6.07) is 1.26. The summed E-state index contributed by atoms with van der Waals surface area (Å²) in [5.74, 6) is 0.0647. The number of hydrogen-bond acceptors (Lipinski definition) is 3. The first-order valence-electron chi connectivity index (χ1n) is 4.02. The molecule has 0 unspecified atom stereocenters. The third-order valence-corrected chi connectivity index (χ3v) is 3.27. The highest BCUT2D eigenvalue weighted by Gasteiger charge is 2.17. The fourth-order valence-corrected chi connectivity index (χ4v) is 2.17. The molecule has 78 valence electrons. The number of rotatable bonds is 1. The molecule has 0 aliphatic rings. The summed E-state index contributed by atoms with van der Waals surface area (Å²) in [6.45, 7) is 4.72. The Bertz CT molecular complexity index is 474. The number of benzene rings is 1. The molecular formula is C9H12O4S. The Balaban J connectivity index is 3.66. The molecule has 14 heavy (non-hydrogen) atoms. The average molecular weight is 216 g/mol. The second kappa shape index (κ2) is 3.25. The maximum absolute atomic E-state index is 10.9. The molecule has 5 heteroatoms. The van der Waals surface area contributed by atoms with Gasteiger partial charge in [0.25, 0.3) is 10.1 Å². The van der Waals surface area contributed by atoms with Crippen LogP contribution in [0.4, 0.5) is 0 Å². The van der Waals surface area contributed by atoms with E-state index in [0.29, 0.717) is 16.7 Å². The molecule has 0 amide bonds. The summed E-state index contributed by atoms with van der Waals surface area (Å²) in [4.78, 5) is -0.148. The molecule has 2 N–H and O–H groups in total. The topological polar surface area (TPSA) is 74.6 Å². The fourth-order valence-electron chi connectivity index (χ4n) is 1.30. The number of aromatic hydroxyl groups is 1. The molecular weight excluding hydrogens is 204 g/mol. The Kier molecular flexibility index (Phi) is 2.56. The van der Waals surface area contributed by atoms with E-state index < -0.39 is 10.1 Å². The Hall–Kier alpha value is -1.07. The number of phenolic OH excluding ortho intramolecular Hbond substituents is 1. The van der Waals surface area contributed by atoms with Gasteiger partial charge in [-0.3, -0.25) is 4.55 Å². The van der Waals surface area contributed by atoms with Crippen LogP contribution >= 0.6 is 0 Å². The summed E-state index contributed by atoms with van der Waals surface area (Å²) in [7, 11) is -4.21. The van der Waals surface area contributed by atoms with Crippen molar-refractivity contribution in [2.24, 2.45) is 0 Å². The van der Waals surface area contributed by atoms with Crippen molar-refractivity contribution in [3.05, 3.63) is 22.8 Å². The minimum Gasteiger partial charge on any atom is -0.507 e. The maximum Gasteiger partial charge on any atom is 0.294 e. The third-order valence-electron chi connectivity index (χ3n) is 2.29. The average Bonchev–Trinajstić information content (AvgIpc) is 2.06. The van der Waals surface area contributed by atoms with Gasteiger partial charge < -0.3 is 5.11 Å². The van der Waals surface area contributed by atoms with Gasteiger partial charge in [-0.25, -0.2) is 0 Å². The van der Waals surface area contributed by atoms with Gasteiger partial charge in [0.2, 0.25) is 0 Å². The van der Waals surface area contributed by atoms with Crippen LogP contribution in [0.2, 0.25) is 0 Å². The van der Waals surface area contributed by atoms with Crippen LogP contribution in [0.25, 0.3) is 0 Å². The van der Waals surface area contributed by atoms with Gasteiger partial charge in [0.1, 0.15) is 5.75 Å². The molecule has 0 spiro atoms. The van der Waals surface area contributed by atoms with Crippen LogP contribution in [-0.2, 0) is 10.1 Å². The summed E-state index contributed by atoms with van der Waals surface area (Å²) in [6.07, 6.45) is 0. The molecule has 0 fully saturated rings. The van der Waals surface area contributed by atoms with Crippen molar-refractivity contribution >= 4 is 10.1 Å². The first-order chi connectivity index (χ1) is 6.25. The zero-order chi connectivity index (χ0) is 11.1. The van der Waals surface area contributed by atoms with Gasteiger partial charge in [-0.05, 0) is 43.5 Å². The van der Waals surface area contributed by atoms with E-state index in [1.165, 1.54) is 13.0 Å². The molecule has 0 aliphatic carbocycles. The monoisotopic (exact) mass is 216 g/mol. The normalized spacial score (nSPS) is 11.7. The highest BCUT2D eigenvalue weighted by molar-refractivity contribution is 7.85. The highest BCUT2D eigenvalue weighted by atomic mass is 32.2. The predicted molar refractivity (Wildman–Crippen MR) is 52.1 cm³/mol. The third kappa shape index (κ3) is 1.73. The lowest BCUT2D eigenvalue weighted by Gasteiger charge is -2.10. The number of phenols is 1. The van der Waals surface area contributed by atoms with Gasteiger partial charge in [-0.15, -0.1) is 0 Å². The Labute approximate surface area is 82.9 Å². The van der Waals surface area contributed by atoms with Gasteiger partial charge in [-0.1, -0.05) is 0 Å². The van der Waals surface area contributed by atoms with Crippen LogP contribution < -0.4 is 0 Å². The zero-order valence-corrected chi connectivity index (χ0v) is 9.01. The van der Waals surface area contributed by atoms with E-state index in [9.17, 15) is 13.5 Å².